The van der Waals surface area contributed by atoms with Crippen LogP contribution in [-0.4, -0.2) is 13.3 Å². The van der Waals surface area contributed by atoms with Gasteiger partial charge in [0.25, 0.3) is 0 Å². The number of fused-ring (bicyclic) bond motifs is 1. The molecule has 0 saturated carbocycles. The number of ether oxygens (including phenoxy) is 1. The average Bonchev–Trinajstić information content (AvgIpc) is 2.55. The number of alkyl halides is 3. The summed E-state index contributed by atoms with van der Waals surface area (Å²) >= 11 is 0. The van der Waals surface area contributed by atoms with Crippen LogP contribution in [0.5, 0.6) is 0 Å². The highest BCUT2D eigenvalue weighted by molar-refractivity contribution is 5.39. The maximum atomic E-state index is 13.0. The highest BCUT2D eigenvalue weighted by Gasteiger charge is 2.59. The highest BCUT2D eigenvalue weighted by Crippen LogP contribution is 2.50. The fourth-order valence-electron chi connectivity index (χ4n) is 2.23. The second-order valence-electron chi connectivity index (χ2n) is 3.83. The Morgan fingerprint density at radius 3 is 2.56 bits per heavy atom. The van der Waals surface area contributed by atoms with Gasteiger partial charge in [-0.2, -0.15) is 13.2 Å². The van der Waals surface area contributed by atoms with Crippen LogP contribution in [0.4, 0.5) is 17.6 Å². The molecule has 2 rings (SSSR count). The molecule has 0 fully saturated rings. The number of rotatable bonds is 1. The summed E-state index contributed by atoms with van der Waals surface area (Å²) in [4.78, 5) is 0. The van der Waals surface area contributed by atoms with Crippen LogP contribution in [0.15, 0.2) is 18.2 Å². The summed E-state index contributed by atoms with van der Waals surface area (Å²) in [6.45, 7) is 0. The quantitative estimate of drug-likeness (QED) is 0.678. The van der Waals surface area contributed by atoms with Crippen molar-refractivity contribution in [1.29, 1.82) is 0 Å². The van der Waals surface area contributed by atoms with Gasteiger partial charge in [-0.15, -0.1) is 0 Å². The van der Waals surface area contributed by atoms with E-state index in [1.54, 1.807) is 0 Å². The van der Waals surface area contributed by atoms with Crippen molar-refractivity contribution >= 4 is 0 Å². The van der Waals surface area contributed by atoms with Crippen molar-refractivity contribution < 1.29 is 22.3 Å². The maximum Gasteiger partial charge on any atom is 0.421 e. The van der Waals surface area contributed by atoms with Crippen LogP contribution in [0.2, 0.25) is 0 Å². The van der Waals surface area contributed by atoms with Crippen molar-refractivity contribution in [1.82, 2.24) is 0 Å². The van der Waals surface area contributed by atoms with Crippen LogP contribution in [0.3, 0.4) is 0 Å². The monoisotopic (exact) mass is 234 g/mol. The number of methoxy groups -OCH3 is 1. The number of benzene rings is 1. The van der Waals surface area contributed by atoms with E-state index in [1.165, 1.54) is 0 Å². The fraction of sp³-hybridized carbons (Fsp3) is 0.455. The molecule has 1 aliphatic carbocycles. The lowest BCUT2D eigenvalue weighted by Crippen LogP contribution is -2.42. The van der Waals surface area contributed by atoms with Crippen LogP contribution < -0.4 is 0 Å². The van der Waals surface area contributed by atoms with Crippen LogP contribution in [0.1, 0.15) is 17.5 Å². The van der Waals surface area contributed by atoms with Gasteiger partial charge < -0.3 is 4.74 Å². The van der Waals surface area contributed by atoms with Gasteiger partial charge in [-0.1, -0.05) is 6.07 Å². The standard InChI is InChI=1S/C11H10F4O/c1-16-10(11(13,14)15)5-4-7-6-8(12)2-3-9(7)10/h2-3,6H,4-5H2,1H3. The molecular weight excluding hydrogens is 224 g/mol. The smallest absolute Gasteiger partial charge is 0.364 e. The van der Waals surface area contributed by atoms with Gasteiger partial charge in [0.15, 0.2) is 5.60 Å². The summed E-state index contributed by atoms with van der Waals surface area (Å²) in [7, 11) is 1.03. The summed E-state index contributed by atoms with van der Waals surface area (Å²) in [5.41, 5.74) is -1.86. The van der Waals surface area contributed by atoms with Gasteiger partial charge in [0, 0.05) is 7.11 Å². The van der Waals surface area contributed by atoms with Gasteiger partial charge in [0.05, 0.1) is 0 Å². The van der Waals surface area contributed by atoms with Crippen LogP contribution >= 0.6 is 0 Å². The Bertz CT molecular complexity index is 413. The van der Waals surface area contributed by atoms with Gasteiger partial charge in [-0.05, 0) is 36.1 Å². The summed E-state index contributed by atoms with van der Waals surface area (Å²) in [6.07, 6.45) is -4.49. The van der Waals surface area contributed by atoms with E-state index in [4.69, 9.17) is 0 Å². The van der Waals surface area contributed by atoms with Crippen molar-refractivity contribution in [3.8, 4) is 0 Å². The molecule has 1 aliphatic rings. The van der Waals surface area contributed by atoms with Crippen LogP contribution in [0.25, 0.3) is 0 Å². The summed E-state index contributed by atoms with van der Waals surface area (Å²) in [6, 6.07) is 3.33. The Balaban J connectivity index is 2.56. The lowest BCUT2D eigenvalue weighted by atomic mass is 9.95. The molecule has 0 heterocycles. The fourth-order valence-corrected chi connectivity index (χ4v) is 2.23. The first-order valence-corrected chi connectivity index (χ1v) is 4.81. The third kappa shape index (κ3) is 1.42. The molecule has 0 amide bonds. The maximum absolute atomic E-state index is 13.0. The topological polar surface area (TPSA) is 9.23 Å². The van der Waals surface area contributed by atoms with Gasteiger partial charge in [-0.3, -0.25) is 0 Å². The van der Waals surface area contributed by atoms with Crippen molar-refractivity contribution in [3.05, 3.63) is 35.1 Å². The predicted molar refractivity (Wildman–Crippen MR) is 49.5 cm³/mol. The molecule has 1 nitrogen and oxygen atoms in total. The van der Waals surface area contributed by atoms with E-state index >= 15 is 0 Å². The molecule has 1 aromatic rings. The number of aryl methyl sites for hydroxylation is 1. The molecule has 0 radical (unpaired) electrons. The van der Waals surface area contributed by atoms with E-state index in [0.717, 1.165) is 25.3 Å². The first kappa shape index (κ1) is 11.4. The minimum Gasteiger partial charge on any atom is -0.364 e. The van der Waals surface area contributed by atoms with E-state index in [9.17, 15) is 17.6 Å². The first-order chi connectivity index (χ1) is 7.40. The second-order valence-corrected chi connectivity index (χ2v) is 3.83. The molecule has 1 unspecified atom stereocenters. The van der Waals surface area contributed by atoms with Crippen molar-refractivity contribution in [2.24, 2.45) is 0 Å². The molecule has 0 spiro atoms. The van der Waals surface area contributed by atoms with Gasteiger partial charge >= 0.3 is 6.18 Å². The number of halogens is 4. The van der Waals surface area contributed by atoms with E-state index in [-0.39, 0.29) is 18.4 Å². The minimum absolute atomic E-state index is 0.0314. The predicted octanol–water partition coefficient (Wildman–Crippen LogP) is 3.18. The van der Waals surface area contributed by atoms with Crippen LogP contribution in [-0.2, 0) is 16.8 Å². The Morgan fingerprint density at radius 1 is 1.31 bits per heavy atom. The molecule has 5 heteroatoms. The Hall–Kier alpha value is -1.10. The molecule has 16 heavy (non-hydrogen) atoms. The molecule has 0 aromatic heterocycles. The summed E-state index contributed by atoms with van der Waals surface area (Å²) < 4.78 is 56.5. The Kier molecular flexibility index (Phi) is 2.45. The third-order valence-electron chi connectivity index (χ3n) is 3.06. The SMILES string of the molecule is COC1(C(F)(F)F)CCc2cc(F)ccc21. The van der Waals surface area contributed by atoms with Crippen molar-refractivity contribution in [3.63, 3.8) is 0 Å². The van der Waals surface area contributed by atoms with E-state index in [1.807, 2.05) is 0 Å². The molecule has 0 bridgehead atoms. The van der Waals surface area contributed by atoms with E-state index in [0.29, 0.717) is 5.56 Å². The summed E-state index contributed by atoms with van der Waals surface area (Å²) in [5.74, 6) is -0.521. The zero-order chi connectivity index (χ0) is 12.0. The second kappa shape index (κ2) is 3.45. The normalized spacial score (nSPS) is 24.6. The molecule has 0 aliphatic heterocycles. The third-order valence-corrected chi connectivity index (χ3v) is 3.06. The molecule has 0 N–H and O–H groups in total. The molecular formula is C11H10F4O. The molecule has 1 atom stereocenters. The zero-order valence-electron chi connectivity index (χ0n) is 8.57. The lowest BCUT2D eigenvalue weighted by molar-refractivity contribution is -0.275. The average molecular weight is 234 g/mol. The van der Waals surface area contributed by atoms with Crippen molar-refractivity contribution in [2.75, 3.05) is 7.11 Å². The van der Waals surface area contributed by atoms with Crippen molar-refractivity contribution in [2.45, 2.75) is 24.6 Å². The van der Waals surface area contributed by atoms with Gasteiger partial charge in [0.2, 0.25) is 0 Å². The van der Waals surface area contributed by atoms with Gasteiger partial charge in [0.1, 0.15) is 5.82 Å². The molecule has 0 saturated heterocycles. The minimum atomic E-state index is -4.48. The first-order valence-electron chi connectivity index (χ1n) is 4.81. The molecule has 88 valence electrons. The Morgan fingerprint density at radius 2 is 2.00 bits per heavy atom. The zero-order valence-corrected chi connectivity index (χ0v) is 8.57. The van der Waals surface area contributed by atoms with Gasteiger partial charge in [-0.25, -0.2) is 4.39 Å². The highest BCUT2D eigenvalue weighted by atomic mass is 19.4. The lowest BCUT2D eigenvalue weighted by Gasteiger charge is -2.31. The molecule has 1 aromatic carbocycles. The largest absolute Gasteiger partial charge is 0.421 e. The summed E-state index contributed by atoms with van der Waals surface area (Å²) in [5, 5.41) is 0. The Labute approximate surface area is 90.0 Å². The van der Waals surface area contributed by atoms with E-state index < -0.39 is 17.6 Å². The van der Waals surface area contributed by atoms with Crippen LogP contribution in [0, 0.1) is 5.82 Å². The number of hydrogen-bond donors (Lipinski definition) is 0. The van der Waals surface area contributed by atoms with E-state index in [2.05, 4.69) is 4.74 Å². The number of hydrogen-bond acceptors (Lipinski definition) is 1.